The molecule has 2 amide bonds. The molecular weight excluding hydrogens is 495 g/mol. The zero-order valence-corrected chi connectivity index (χ0v) is 21.4. The Labute approximate surface area is 219 Å². The molecule has 0 aliphatic heterocycles. The van der Waals surface area contributed by atoms with E-state index in [0.29, 0.717) is 22.2 Å². The van der Waals surface area contributed by atoms with E-state index in [4.69, 9.17) is 23.2 Å². The van der Waals surface area contributed by atoms with Gasteiger partial charge in [0.05, 0.1) is 16.8 Å². The average Bonchev–Trinajstić information content (AvgIpc) is 3.21. The molecule has 1 unspecified atom stereocenters. The molecule has 1 aromatic heterocycles. The van der Waals surface area contributed by atoms with Gasteiger partial charge in [0.25, 0.3) is 11.8 Å². The minimum atomic E-state index is -0.785. The maximum absolute atomic E-state index is 12.9. The van der Waals surface area contributed by atoms with Crippen LogP contribution >= 0.6 is 23.2 Å². The molecule has 0 fully saturated rings. The molecular formula is C28H26Cl2N4O2. The lowest BCUT2D eigenvalue weighted by Crippen LogP contribution is -2.48. The van der Waals surface area contributed by atoms with Gasteiger partial charge in [0.15, 0.2) is 0 Å². The number of halogens is 2. The van der Waals surface area contributed by atoms with Gasteiger partial charge >= 0.3 is 0 Å². The van der Waals surface area contributed by atoms with Crippen LogP contribution in [0, 0.1) is 5.92 Å². The van der Waals surface area contributed by atoms with Gasteiger partial charge in [0, 0.05) is 34.2 Å². The van der Waals surface area contributed by atoms with E-state index in [-0.39, 0.29) is 5.92 Å². The fourth-order valence-corrected chi connectivity index (χ4v) is 4.37. The molecule has 0 saturated carbocycles. The molecule has 2 N–H and O–H groups in total. The zero-order valence-electron chi connectivity index (χ0n) is 19.9. The first-order valence-electron chi connectivity index (χ1n) is 11.5. The Balaban J connectivity index is 1.50. The number of aromatic nitrogens is 1. The second-order valence-corrected chi connectivity index (χ2v) is 9.54. The number of fused-ring (bicyclic) bond motifs is 1. The largest absolute Gasteiger partial charge is 0.342 e. The monoisotopic (exact) mass is 520 g/mol. The molecule has 8 heteroatoms. The van der Waals surface area contributed by atoms with Crippen LogP contribution in [-0.2, 0) is 11.3 Å². The van der Waals surface area contributed by atoms with Gasteiger partial charge in [-0.05, 0) is 35.7 Å². The number of hydrogen-bond donors (Lipinski definition) is 2. The lowest BCUT2D eigenvalue weighted by atomic mass is 10.0. The number of amides is 2. The first kappa shape index (κ1) is 25.5. The van der Waals surface area contributed by atoms with Crippen molar-refractivity contribution in [3.63, 3.8) is 0 Å². The van der Waals surface area contributed by atoms with Crippen molar-refractivity contribution >= 4 is 52.1 Å². The first-order valence-corrected chi connectivity index (χ1v) is 12.3. The highest BCUT2D eigenvalue weighted by molar-refractivity contribution is 6.33. The smallest absolute Gasteiger partial charge is 0.262 e. The third-order valence-corrected chi connectivity index (χ3v) is 6.55. The van der Waals surface area contributed by atoms with Crippen LogP contribution in [0.25, 0.3) is 10.9 Å². The average molecular weight is 521 g/mol. The number of benzene rings is 3. The number of hydrazone groups is 1. The molecule has 0 aliphatic carbocycles. The van der Waals surface area contributed by atoms with Gasteiger partial charge in [-0.25, -0.2) is 5.43 Å². The Morgan fingerprint density at radius 1 is 0.944 bits per heavy atom. The summed E-state index contributed by atoms with van der Waals surface area (Å²) in [5.74, 6) is -0.994. The summed E-state index contributed by atoms with van der Waals surface area (Å²) >= 11 is 12.5. The highest BCUT2D eigenvalue weighted by atomic mass is 35.5. The van der Waals surface area contributed by atoms with Crippen LogP contribution in [0.15, 0.2) is 84.1 Å². The van der Waals surface area contributed by atoms with Gasteiger partial charge < -0.3 is 9.88 Å². The second kappa shape index (κ2) is 11.4. The quantitative estimate of drug-likeness (QED) is 0.224. The molecule has 3 aromatic carbocycles. The molecule has 4 aromatic rings. The van der Waals surface area contributed by atoms with Crippen LogP contribution in [0.2, 0.25) is 10.0 Å². The van der Waals surface area contributed by atoms with Gasteiger partial charge in [-0.3, -0.25) is 9.59 Å². The number of rotatable bonds is 8. The normalized spacial score (nSPS) is 12.2. The van der Waals surface area contributed by atoms with E-state index in [2.05, 4.69) is 20.4 Å². The lowest BCUT2D eigenvalue weighted by molar-refractivity contribution is -0.123. The fourth-order valence-electron chi connectivity index (χ4n) is 3.95. The van der Waals surface area contributed by atoms with E-state index in [1.807, 2.05) is 68.6 Å². The molecule has 6 nitrogen and oxygen atoms in total. The summed E-state index contributed by atoms with van der Waals surface area (Å²) in [6.45, 7) is 4.30. The molecule has 0 bridgehead atoms. The SMILES string of the molecule is CC(C)C(NC(=O)c1ccccc1Cl)C(=O)N/N=C\c1cn(Cc2ccccc2Cl)c2ccccc12. The van der Waals surface area contributed by atoms with Crippen molar-refractivity contribution in [3.8, 4) is 0 Å². The Morgan fingerprint density at radius 2 is 1.61 bits per heavy atom. The molecule has 0 radical (unpaired) electrons. The molecule has 0 spiro atoms. The van der Waals surface area contributed by atoms with Crippen molar-refractivity contribution in [1.82, 2.24) is 15.3 Å². The maximum Gasteiger partial charge on any atom is 0.262 e. The van der Waals surface area contributed by atoms with Gasteiger partial charge in [-0.15, -0.1) is 0 Å². The van der Waals surface area contributed by atoms with E-state index in [0.717, 1.165) is 22.0 Å². The van der Waals surface area contributed by atoms with Crippen molar-refractivity contribution in [3.05, 3.63) is 106 Å². The molecule has 36 heavy (non-hydrogen) atoms. The second-order valence-electron chi connectivity index (χ2n) is 8.73. The zero-order chi connectivity index (χ0) is 25.7. The van der Waals surface area contributed by atoms with Crippen LogP contribution < -0.4 is 10.7 Å². The van der Waals surface area contributed by atoms with E-state index in [1.54, 1.807) is 30.5 Å². The highest BCUT2D eigenvalue weighted by Gasteiger charge is 2.25. The maximum atomic E-state index is 12.9. The van der Waals surface area contributed by atoms with Gasteiger partial charge in [0.2, 0.25) is 0 Å². The summed E-state index contributed by atoms with van der Waals surface area (Å²) in [7, 11) is 0. The number of para-hydroxylation sites is 1. The Kier molecular flexibility index (Phi) is 8.08. The predicted octanol–water partition coefficient (Wildman–Crippen LogP) is 5.90. The van der Waals surface area contributed by atoms with Crippen LogP contribution in [0.5, 0.6) is 0 Å². The molecule has 1 atom stereocenters. The van der Waals surface area contributed by atoms with Crippen LogP contribution in [0.4, 0.5) is 0 Å². The summed E-state index contributed by atoms with van der Waals surface area (Å²) in [6.07, 6.45) is 3.58. The summed E-state index contributed by atoms with van der Waals surface area (Å²) in [4.78, 5) is 25.6. The molecule has 0 aliphatic rings. The summed E-state index contributed by atoms with van der Waals surface area (Å²) in [5, 5.41) is 8.98. The summed E-state index contributed by atoms with van der Waals surface area (Å²) in [5.41, 5.74) is 5.76. The van der Waals surface area contributed by atoms with Crippen LogP contribution in [0.1, 0.15) is 35.3 Å². The fraction of sp³-hybridized carbons (Fsp3) is 0.179. The minimum Gasteiger partial charge on any atom is -0.342 e. The van der Waals surface area contributed by atoms with E-state index >= 15 is 0 Å². The number of hydrogen-bond acceptors (Lipinski definition) is 3. The van der Waals surface area contributed by atoms with Crippen molar-refractivity contribution < 1.29 is 9.59 Å². The van der Waals surface area contributed by atoms with Gasteiger partial charge in [-0.1, -0.05) is 85.6 Å². The van der Waals surface area contributed by atoms with E-state index in [1.165, 1.54) is 0 Å². The molecule has 0 saturated heterocycles. The van der Waals surface area contributed by atoms with E-state index < -0.39 is 17.9 Å². The third-order valence-electron chi connectivity index (χ3n) is 5.85. The number of nitrogens with zero attached hydrogens (tertiary/aromatic N) is 2. The van der Waals surface area contributed by atoms with Crippen molar-refractivity contribution in [2.75, 3.05) is 0 Å². The molecule has 4 rings (SSSR count). The summed E-state index contributed by atoms with van der Waals surface area (Å²) in [6, 6.07) is 21.6. The van der Waals surface area contributed by atoms with Crippen LogP contribution in [0.3, 0.4) is 0 Å². The number of carbonyl (C=O) groups excluding carboxylic acids is 2. The third kappa shape index (κ3) is 5.78. The predicted molar refractivity (Wildman–Crippen MR) is 146 cm³/mol. The Hall–Kier alpha value is -3.61. The summed E-state index contributed by atoms with van der Waals surface area (Å²) < 4.78 is 2.10. The number of carbonyl (C=O) groups is 2. The van der Waals surface area contributed by atoms with Crippen molar-refractivity contribution in [1.29, 1.82) is 0 Å². The van der Waals surface area contributed by atoms with Gasteiger partial charge in [-0.2, -0.15) is 5.10 Å². The standard InChI is InChI=1S/C28H26Cl2N4O2/c1-18(2)26(32-27(35)22-11-4-7-13-24(22)30)28(36)33-31-15-20-17-34(25-14-8-5-10-21(20)25)16-19-9-3-6-12-23(19)29/h3-15,17-18,26H,16H2,1-2H3,(H,32,35)(H,33,36)/b31-15-. The first-order chi connectivity index (χ1) is 17.3. The Bertz CT molecular complexity index is 1430. The van der Waals surface area contributed by atoms with Crippen LogP contribution in [-0.4, -0.2) is 28.6 Å². The van der Waals surface area contributed by atoms with Gasteiger partial charge in [0.1, 0.15) is 6.04 Å². The van der Waals surface area contributed by atoms with E-state index in [9.17, 15) is 9.59 Å². The minimum absolute atomic E-state index is 0.163. The Morgan fingerprint density at radius 3 is 2.33 bits per heavy atom. The molecule has 184 valence electrons. The lowest BCUT2D eigenvalue weighted by Gasteiger charge is -2.20. The topological polar surface area (TPSA) is 75.5 Å². The van der Waals surface area contributed by atoms with Crippen molar-refractivity contribution in [2.24, 2.45) is 11.0 Å². The number of nitrogens with one attached hydrogen (secondary N) is 2. The van der Waals surface area contributed by atoms with Crippen molar-refractivity contribution in [2.45, 2.75) is 26.4 Å². The highest BCUT2D eigenvalue weighted by Crippen LogP contribution is 2.23. The molecule has 1 heterocycles.